The first kappa shape index (κ1) is 19.8. The molecule has 1 unspecified atom stereocenters. The van der Waals surface area contributed by atoms with Crippen molar-refractivity contribution in [2.45, 2.75) is 26.4 Å². The molecule has 1 aromatic rings. The van der Waals surface area contributed by atoms with Crippen molar-refractivity contribution in [1.82, 2.24) is 4.90 Å². The summed E-state index contributed by atoms with van der Waals surface area (Å²) in [5, 5.41) is 9.07. The van der Waals surface area contributed by atoms with E-state index in [-0.39, 0.29) is 12.1 Å². The van der Waals surface area contributed by atoms with E-state index in [9.17, 15) is 22.8 Å². The van der Waals surface area contributed by atoms with Gasteiger partial charge >= 0.3 is 12.1 Å². The summed E-state index contributed by atoms with van der Waals surface area (Å²) in [4.78, 5) is 24.7. The van der Waals surface area contributed by atoms with Crippen LogP contribution in [0.15, 0.2) is 35.9 Å². The Hall–Kier alpha value is -2.51. The summed E-state index contributed by atoms with van der Waals surface area (Å²) in [7, 11) is 0. The summed E-state index contributed by atoms with van der Waals surface area (Å²) < 4.78 is 45.2. The lowest BCUT2D eigenvalue weighted by molar-refractivity contribution is -0.227. The maximum absolute atomic E-state index is 13.2. The van der Waals surface area contributed by atoms with E-state index in [2.05, 4.69) is 0 Å². The van der Waals surface area contributed by atoms with Crippen LogP contribution in [0.25, 0.3) is 0 Å². The fourth-order valence-corrected chi connectivity index (χ4v) is 2.72. The molecule has 1 N–H and O–H groups in total. The molecule has 142 valence electrons. The fraction of sp³-hybridized carbons (Fsp3) is 0.444. The number of hydrogen-bond donors (Lipinski definition) is 1. The molecule has 2 rings (SSSR count). The van der Waals surface area contributed by atoms with E-state index in [1.807, 2.05) is 19.9 Å². The van der Waals surface area contributed by atoms with Gasteiger partial charge in [0.25, 0.3) is 5.91 Å². The van der Waals surface area contributed by atoms with Gasteiger partial charge in [0.05, 0.1) is 0 Å². The average molecular weight is 371 g/mol. The van der Waals surface area contributed by atoms with Crippen LogP contribution in [-0.4, -0.2) is 47.8 Å². The van der Waals surface area contributed by atoms with Crippen molar-refractivity contribution in [3.05, 3.63) is 41.5 Å². The molecule has 1 aromatic carbocycles. The Morgan fingerprint density at radius 3 is 2.58 bits per heavy atom. The third-order valence-corrected chi connectivity index (χ3v) is 4.33. The lowest BCUT2D eigenvalue weighted by Crippen LogP contribution is -2.47. The molecule has 8 heteroatoms. The Kier molecular flexibility index (Phi) is 5.63. The van der Waals surface area contributed by atoms with Gasteiger partial charge in [-0.25, -0.2) is 0 Å². The van der Waals surface area contributed by atoms with Crippen LogP contribution in [0.3, 0.4) is 0 Å². The van der Waals surface area contributed by atoms with Crippen LogP contribution in [0.1, 0.15) is 30.6 Å². The number of allylic oxidation sites excluding steroid dienone is 1. The van der Waals surface area contributed by atoms with Crippen molar-refractivity contribution in [2.24, 2.45) is 5.41 Å². The number of ether oxygens (including phenoxy) is 1. The molecular formula is C18H20F3NO4. The maximum atomic E-state index is 13.2. The Morgan fingerprint density at radius 1 is 1.35 bits per heavy atom. The molecular weight excluding hydrogens is 351 g/mol. The van der Waals surface area contributed by atoms with Gasteiger partial charge in [0.2, 0.25) is 0 Å². The second kappa shape index (κ2) is 7.39. The number of nitrogens with zero attached hydrogens (tertiary/aromatic N) is 1. The summed E-state index contributed by atoms with van der Waals surface area (Å²) in [6.45, 7) is 2.96. The first-order chi connectivity index (χ1) is 12.1. The van der Waals surface area contributed by atoms with Crippen molar-refractivity contribution >= 4 is 11.9 Å². The number of carbonyl (C=O) groups excluding carboxylic acids is 1. The maximum Gasteiger partial charge on any atom is 0.406 e. The number of alkyl halides is 3. The number of carboxylic acids is 1. The van der Waals surface area contributed by atoms with Gasteiger partial charge in [-0.2, -0.15) is 13.2 Å². The molecule has 0 spiro atoms. The number of carboxylic acid groups (broad SMARTS) is 1. The molecule has 1 saturated heterocycles. The summed E-state index contributed by atoms with van der Waals surface area (Å²) in [5.41, 5.74) is -1.70. The Labute approximate surface area is 149 Å². The first-order valence-electron chi connectivity index (χ1n) is 8.02. The fourth-order valence-electron chi connectivity index (χ4n) is 2.72. The number of carbonyl (C=O) groups is 2. The Bertz CT molecular complexity index is 725. The third-order valence-electron chi connectivity index (χ3n) is 4.33. The molecule has 0 aliphatic carbocycles. The van der Waals surface area contributed by atoms with Crippen molar-refractivity contribution in [3.8, 4) is 5.75 Å². The van der Waals surface area contributed by atoms with Gasteiger partial charge in [-0.1, -0.05) is 11.6 Å². The van der Waals surface area contributed by atoms with Crippen LogP contribution in [0.2, 0.25) is 0 Å². The van der Waals surface area contributed by atoms with Crippen molar-refractivity contribution in [2.75, 3.05) is 19.7 Å². The van der Waals surface area contributed by atoms with E-state index in [4.69, 9.17) is 9.84 Å². The van der Waals surface area contributed by atoms with Gasteiger partial charge < -0.3 is 14.7 Å². The van der Waals surface area contributed by atoms with Crippen LogP contribution in [0.5, 0.6) is 5.75 Å². The number of likely N-dealkylation sites (tertiary alicyclic amines) is 1. The van der Waals surface area contributed by atoms with Crippen molar-refractivity contribution < 1.29 is 32.6 Å². The van der Waals surface area contributed by atoms with Crippen LogP contribution < -0.4 is 4.74 Å². The zero-order chi connectivity index (χ0) is 19.5. The van der Waals surface area contributed by atoms with Gasteiger partial charge in [0.1, 0.15) is 12.4 Å². The molecule has 1 fully saturated rings. The largest absolute Gasteiger partial charge is 0.490 e. The molecule has 0 bridgehead atoms. The zero-order valence-electron chi connectivity index (χ0n) is 14.5. The lowest BCUT2D eigenvalue weighted by atomic mass is 9.86. The standard InChI is InChI=1S/C18H20F3NO4/c1-12(2)6-9-26-14-5-3-4-13(10-14)15(23)22-8-7-17(11-22,16(24)25)18(19,20)21/h3-6,10H,7-9,11H2,1-2H3,(H,24,25). The number of aliphatic carboxylic acids is 1. The number of benzene rings is 1. The Balaban J connectivity index is 2.15. The highest BCUT2D eigenvalue weighted by Gasteiger charge is 2.64. The van der Waals surface area contributed by atoms with E-state index < -0.39 is 36.4 Å². The molecule has 1 heterocycles. The van der Waals surface area contributed by atoms with Crippen molar-refractivity contribution in [1.29, 1.82) is 0 Å². The number of amides is 1. The second-order valence-electron chi connectivity index (χ2n) is 6.48. The monoisotopic (exact) mass is 371 g/mol. The van der Waals surface area contributed by atoms with E-state index in [1.54, 1.807) is 12.1 Å². The summed E-state index contributed by atoms with van der Waals surface area (Å²) in [6, 6.07) is 6.10. The molecule has 1 amide bonds. The van der Waals surface area contributed by atoms with E-state index >= 15 is 0 Å². The van der Waals surface area contributed by atoms with Crippen molar-refractivity contribution in [3.63, 3.8) is 0 Å². The normalized spacial score (nSPS) is 20.0. The van der Waals surface area contributed by atoms with E-state index in [1.165, 1.54) is 12.1 Å². The summed E-state index contributed by atoms with van der Waals surface area (Å²) in [6.07, 6.45) is -3.74. The summed E-state index contributed by atoms with van der Waals surface area (Å²) >= 11 is 0. The van der Waals surface area contributed by atoms with E-state index in [0.717, 1.165) is 10.5 Å². The zero-order valence-corrected chi connectivity index (χ0v) is 14.5. The molecule has 5 nitrogen and oxygen atoms in total. The smallest absolute Gasteiger partial charge is 0.406 e. The first-order valence-corrected chi connectivity index (χ1v) is 8.02. The van der Waals surface area contributed by atoms with Gasteiger partial charge in [0, 0.05) is 18.7 Å². The number of rotatable bonds is 5. The molecule has 1 aliphatic heterocycles. The molecule has 1 aliphatic rings. The minimum Gasteiger partial charge on any atom is -0.490 e. The lowest BCUT2D eigenvalue weighted by Gasteiger charge is -2.27. The molecule has 1 atom stereocenters. The second-order valence-corrected chi connectivity index (χ2v) is 6.48. The number of hydrogen-bond acceptors (Lipinski definition) is 3. The van der Waals surface area contributed by atoms with Crippen LogP contribution in [0.4, 0.5) is 13.2 Å². The van der Waals surface area contributed by atoms with Crippen LogP contribution in [-0.2, 0) is 4.79 Å². The molecule has 0 saturated carbocycles. The van der Waals surface area contributed by atoms with Crippen LogP contribution >= 0.6 is 0 Å². The van der Waals surface area contributed by atoms with E-state index in [0.29, 0.717) is 12.4 Å². The van der Waals surface area contributed by atoms with Crippen LogP contribution in [0, 0.1) is 5.41 Å². The SMILES string of the molecule is CC(C)=CCOc1cccc(C(=O)N2CCC(C(=O)O)(C(F)(F)F)C2)c1. The highest BCUT2D eigenvalue weighted by molar-refractivity contribution is 5.95. The average Bonchev–Trinajstić information content (AvgIpc) is 3.01. The van der Waals surface area contributed by atoms with Gasteiger partial charge in [0.15, 0.2) is 5.41 Å². The minimum atomic E-state index is -4.93. The predicted molar refractivity (Wildman–Crippen MR) is 88.0 cm³/mol. The molecule has 0 aromatic heterocycles. The predicted octanol–water partition coefficient (Wildman–Crippen LogP) is 3.51. The quantitative estimate of drug-likeness (QED) is 0.805. The third kappa shape index (κ3) is 4.00. The molecule has 26 heavy (non-hydrogen) atoms. The Morgan fingerprint density at radius 2 is 2.04 bits per heavy atom. The van der Waals surface area contributed by atoms with Gasteiger partial charge in [-0.3, -0.25) is 9.59 Å². The summed E-state index contributed by atoms with van der Waals surface area (Å²) in [5.74, 6) is -2.20. The van der Waals surface area contributed by atoms with Gasteiger partial charge in [-0.15, -0.1) is 0 Å². The highest BCUT2D eigenvalue weighted by Crippen LogP contribution is 2.46. The van der Waals surface area contributed by atoms with Gasteiger partial charge in [-0.05, 0) is 44.5 Å². The topological polar surface area (TPSA) is 66.8 Å². The number of halogens is 3. The minimum absolute atomic E-state index is 0.156. The highest BCUT2D eigenvalue weighted by atomic mass is 19.4. The molecule has 0 radical (unpaired) electrons.